The Bertz CT molecular complexity index is 614. The molecule has 1 fully saturated rings. The summed E-state index contributed by atoms with van der Waals surface area (Å²) in [5.41, 5.74) is 0.982. The van der Waals surface area contributed by atoms with Crippen molar-refractivity contribution in [2.24, 2.45) is 0 Å². The van der Waals surface area contributed by atoms with E-state index in [2.05, 4.69) is 34.8 Å². The highest BCUT2D eigenvalue weighted by atomic mass is 16.5. The number of aryl methyl sites for hydroxylation is 1. The Morgan fingerprint density at radius 2 is 1.95 bits per heavy atom. The van der Waals surface area contributed by atoms with E-state index >= 15 is 0 Å². The molecular formula is C15H23N5O. The van der Waals surface area contributed by atoms with Crippen molar-refractivity contribution in [2.45, 2.75) is 39.5 Å². The third-order valence-corrected chi connectivity index (χ3v) is 4.11. The first kappa shape index (κ1) is 14.3. The number of ether oxygens (including phenoxy) is 1. The minimum absolute atomic E-state index is 0.394. The lowest BCUT2D eigenvalue weighted by Gasteiger charge is -2.21. The summed E-state index contributed by atoms with van der Waals surface area (Å²) in [4.78, 5) is 11.5. The standard InChI is InChI=1S/C15H23N5O/c1-4-19(5-2)13-10-11(3)16-15-17-14(18-20(13)15)12-6-8-21-9-7-12/h10,12H,4-9H2,1-3H3. The quantitative estimate of drug-likeness (QED) is 0.863. The van der Waals surface area contributed by atoms with Crippen LogP contribution in [-0.4, -0.2) is 45.9 Å². The Morgan fingerprint density at radius 1 is 1.24 bits per heavy atom. The van der Waals surface area contributed by atoms with Crippen molar-refractivity contribution in [3.8, 4) is 0 Å². The van der Waals surface area contributed by atoms with Gasteiger partial charge < -0.3 is 9.64 Å². The molecule has 3 rings (SSSR count). The van der Waals surface area contributed by atoms with Gasteiger partial charge in [-0.1, -0.05) is 0 Å². The van der Waals surface area contributed by atoms with Gasteiger partial charge in [-0.05, 0) is 33.6 Å². The highest BCUT2D eigenvalue weighted by Crippen LogP contribution is 2.25. The van der Waals surface area contributed by atoms with Crippen molar-refractivity contribution in [3.05, 3.63) is 17.6 Å². The van der Waals surface area contributed by atoms with Crippen LogP contribution in [0.25, 0.3) is 5.78 Å². The fourth-order valence-corrected chi connectivity index (χ4v) is 2.88. The summed E-state index contributed by atoms with van der Waals surface area (Å²) in [6, 6.07) is 2.09. The summed E-state index contributed by atoms with van der Waals surface area (Å²) in [5, 5.41) is 4.74. The van der Waals surface area contributed by atoms with E-state index in [1.165, 1.54) is 0 Å². The first-order valence-electron chi connectivity index (χ1n) is 7.80. The van der Waals surface area contributed by atoms with Gasteiger partial charge in [0.2, 0.25) is 0 Å². The third-order valence-electron chi connectivity index (χ3n) is 4.11. The van der Waals surface area contributed by atoms with E-state index in [0.717, 1.165) is 56.5 Å². The van der Waals surface area contributed by atoms with Crippen LogP contribution in [0.15, 0.2) is 6.07 Å². The smallest absolute Gasteiger partial charge is 0.254 e. The molecule has 21 heavy (non-hydrogen) atoms. The average molecular weight is 289 g/mol. The topological polar surface area (TPSA) is 55.5 Å². The second-order valence-corrected chi connectivity index (χ2v) is 5.50. The molecule has 1 aliphatic heterocycles. The normalized spacial score (nSPS) is 16.5. The molecule has 0 saturated carbocycles. The SMILES string of the molecule is CCN(CC)c1cc(C)nc2nc(C3CCOCC3)nn12. The van der Waals surface area contributed by atoms with Crippen LogP contribution in [0, 0.1) is 6.92 Å². The Kier molecular flexibility index (Phi) is 4.05. The predicted octanol–water partition coefficient (Wildman–Crippen LogP) is 2.17. The molecule has 0 spiro atoms. The molecule has 2 aromatic heterocycles. The molecule has 0 amide bonds. The second-order valence-electron chi connectivity index (χ2n) is 5.50. The summed E-state index contributed by atoms with van der Waals surface area (Å²) in [6.07, 6.45) is 1.99. The summed E-state index contributed by atoms with van der Waals surface area (Å²) in [7, 11) is 0. The van der Waals surface area contributed by atoms with Gasteiger partial charge in [0.15, 0.2) is 5.82 Å². The molecule has 1 aliphatic rings. The zero-order valence-corrected chi connectivity index (χ0v) is 13.0. The van der Waals surface area contributed by atoms with Crippen LogP contribution in [0.5, 0.6) is 0 Å². The molecule has 0 N–H and O–H groups in total. The predicted molar refractivity (Wildman–Crippen MR) is 81.9 cm³/mol. The summed E-state index contributed by atoms with van der Waals surface area (Å²) in [6.45, 7) is 9.81. The molecule has 0 atom stereocenters. The Labute approximate surface area is 125 Å². The molecule has 6 nitrogen and oxygen atoms in total. The Morgan fingerprint density at radius 3 is 2.62 bits per heavy atom. The van der Waals surface area contributed by atoms with E-state index in [-0.39, 0.29) is 0 Å². The lowest BCUT2D eigenvalue weighted by molar-refractivity contribution is 0.0836. The second kappa shape index (κ2) is 5.97. The molecule has 3 heterocycles. The van der Waals surface area contributed by atoms with E-state index in [4.69, 9.17) is 9.84 Å². The van der Waals surface area contributed by atoms with E-state index in [9.17, 15) is 0 Å². The van der Waals surface area contributed by atoms with E-state index in [0.29, 0.717) is 11.7 Å². The van der Waals surface area contributed by atoms with Crippen molar-refractivity contribution >= 4 is 11.6 Å². The van der Waals surface area contributed by atoms with E-state index in [1.54, 1.807) is 0 Å². The minimum atomic E-state index is 0.394. The molecule has 2 aromatic rings. The van der Waals surface area contributed by atoms with Crippen LogP contribution in [0.2, 0.25) is 0 Å². The molecule has 0 bridgehead atoms. The Balaban J connectivity index is 2.05. The van der Waals surface area contributed by atoms with Crippen LogP contribution in [0.3, 0.4) is 0 Å². The van der Waals surface area contributed by atoms with E-state index < -0.39 is 0 Å². The van der Waals surface area contributed by atoms with Crippen LogP contribution >= 0.6 is 0 Å². The lowest BCUT2D eigenvalue weighted by Crippen LogP contribution is -2.25. The zero-order valence-electron chi connectivity index (χ0n) is 13.0. The fourth-order valence-electron chi connectivity index (χ4n) is 2.88. The molecule has 114 valence electrons. The maximum Gasteiger partial charge on any atom is 0.254 e. The molecule has 0 aliphatic carbocycles. The first-order valence-corrected chi connectivity index (χ1v) is 7.80. The van der Waals surface area contributed by atoms with Gasteiger partial charge in [0.05, 0.1) is 0 Å². The number of fused-ring (bicyclic) bond motifs is 1. The monoisotopic (exact) mass is 289 g/mol. The average Bonchev–Trinajstić information content (AvgIpc) is 2.93. The van der Waals surface area contributed by atoms with Gasteiger partial charge >= 0.3 is 0 Å². The van der Waals surface area contributed by atoms with Crippen LogP contribution in [0.1, 0.15) is 44.1 Å². The van der Waals surface area contributed by atoms with Gasteiger partial charge in [-0.2, -0.15) is 9.50 Å². The van der Waals surface area contributed by atoms with Crippen molar-refractivity contribution < 1.29 is 4.74 Å². The number of rotatable bonds is 4. The fraction of sp³-hybridized carbons (Fsp3) is 0.667. The molecule has 6 heteroatoms. The van der Waals surface area contributed by atoms with Crippen LogP contribution < -0.4 is 4.90 Å². The largest absolute Gasteiger partial charge is 0.381 e. The maximum absolute atomic E-state index is 5.42. The molecule has 0 unspecified atom stereocenters. The lowest BCUT2D eigenvalue weighted by atomic mass is 10.00. The minimum Gasteiger partial charge on any atom is -0.381 e. The highest BCUT2D eigenvalue weighted by molar-refractivity contribution is 5.47. The number of anilines is 1. The van der Waals surface area contributed by atoms with Gasteiger partial charge in [0.1, 0.15) is 5.82 Å². The molecule has 0 aromatic carbocycles. The van der Waals surface area contributed by atoms with Crippen molar-refractivity contribution in [1.29, 1.82) is 0 Å². The zero-order chi connectivity index (χ0) is 14.8. The van der Waals surface area contributed by atoms with Gasteiger partial charge in [0.25, 0.3) is 5.78 Å². The summed E-state index contributed by atoms with van der Waals surface area (Å²) in [5.74, 6) is 3.09. The van der Waals surface area contributed by atoms with Gasteiger partial charge in [-0.15, -0.1) is 5.10 Å². The van der Waals surface area contributed by atoms with Crippen molar-refractivity contribution in [1.82, 2.24) is 19.6 Å². The van der Waals surface area contributed by atoms with Crippen molar-refractivity contribution in [3.63, 3.8) is 0 Å². The highest BCUT2D eigenvalue weighted by Gasteiger charge is 2.22. The van der Waals surface area contributed by atoms with Crippen LogP contribution in [-0.2, 0) is 4.74 Å². The number of aromatic nitrogens is 4. The van der Waals surface area contributed by atoms with E-state index in [1.807, 2.05) is 11.4 Å². The summed E-state index contributed by atoms with van der Waals surface area (Å²) < 4.78 is 7.32. The Hall–Kier alpha value is -1.69. The van der Waals surface area contributed by atoms with Crippen LogP contribution in [0.4, 0.5) is 5.82 Å². The molecule has 1 saturated heterocycles. The van der Waals surface area contributed by atoms with Gasteiger partial charge in [-0.25, -0.2) is 4.98 Å². The van der Waals surface area contributed by atoms with Gasteiger partial charge in [-0.3, -0.25) is 0 Å². The number of hydrogen-bond donors (Lipinski definition) is 0. The number of hydrogen-bond acceptors (Lipinski definition) is 5. The van der Waals surface area contributed by atoms with Crippen molar-refractivity contribution in [2.75, 3.05) is 31.2 Å². The first-order chi connectivity index (χ1) is 10.2. The summed E-state index contributed by atoms with van der Waals surface area (Å²) >= 11 is 0. The van der Waals surface area contributed by atoms with Gasteiger partial charge in [0, 0.05) is 44.0 Å². The molecule has 0 radical (unpaired) electrons. The maximum atomic E-state index is 5.42. The molecular weight excluding hydrogens is 266 g/mol. The third kappa shape index (κ3) is 2.72. The number of nitrogens with zero attached hydrogens (tertiary/aromatic N) is 5.